The van der Waals surface area contributed by atoms with Crippen molar-refractivity contribution >= 4 is 21.6 Å². The second-order valence-corrected chi connectivity index (χ2v) is 9.06. The minimum Gasteiger partial charge on any atom is -0.352 e. The van der Waals surface area contributed by atoms with Crippen molar-refractivity contribution in [3.63, 3.8) is 0 Å². The van der Waals surface area contributed by atoms with E-state index in [9.17, 15) is 13.2 Å². The van der Waals surface area contributed by atoms with Crippen LogP contribution in [0.2, 0.25) is 0 Å². The van der Waals surface area contributed by atoms with Gasteiger partial charge in [-0.25, -0.2) is 8.42 Å². The molecule has 0 radical (unpaired) electrons. The number of piperazine rings is 1. The second-order valence-electron chi connectivity index (χ2n) is 7.38. The van der Waals surface area contributed by atoms with Crippen molar-refractivity contribution in [3.8, 4) is 0 Å². The summed E-state index contributed by atoms with van der Waals surface area (Å²) in [4.78, 5) is 17.4. The smallest absolute Gasteiger partial charge is 0.261 e. The highest BCUT2D eigenvalue weighted by molar-refractivity contribution is 7.92. The summed E-state index contributed by atoms with van der Waals surface area (Å²) in [7, 11) is -3.64. The van der Waals surface area contributed by atoms with E-state index in [1.807, 2.05) is 0 Å². The van der Waals surface area contributed by atoms with Crippen LogP contribution in [0.4, 0.5) is 5.69 Å². The van der Waals surface area contributed by atoms with Gasteiger partial charge in [-0.05, 0) is 55.9 Å². The van der Waals surface area contributed by atoms with Crippen molar-refractivity contribution in [2.75, 3.05) is 50.5 Å². The van der Waals surface area contributed by atoms with Crippen LogP contribution in [0.3, 0.4) is 0 Å². The topological polar surface area (TPSA) is 81.8 Å². The molecular formula is C22H30N4O3S. The van der Waals surface area contributed by atoms with Crippen molar-refractivity contribution in [1.29, 1.82) is 0 Å². The van der Waals surface area contributed by atoms with Crippen LogP contribution < -0.4 is 10.0 Å². The number of carbonyl (C=O) groups is 1. The first-order valence-electron chi connectivity index (χ1n) is 10.4. The molecule has 162 valence electrons. The minimum atomic E-state index is -3.64. The fourth-order valence-electron chi connectivity index (χ4n) is 3.44. The Morgan fingerprint density at radius 3 is 2.20 bits per heavy atom. The number of rotatable bonds is 9. The summed E-state index contributed by atoms with van der Waals surface area (Å²) in [5, 5.41) is 2.94. The summed E-state index contributed by atoms with van der Waals surface area (Å²) >= 11 is 0. The highest BCUT2D eigenvalue weighted by Crippen LogP contribution is 2.16. The number of anilines is 1. The molecule has 1 aliphatic heterocycles. The molecule has 0 bridgehead atoms. The fourth-order valence-corrected chi connectivity index (χ4v) is 4.52. The Labute approximate surface area is 179 Å². The van der Waals surface area contributed by atoms with Crippen molar-refractivity contribution in [2.24, 2.45) is 0 Å². The molecule has 0 aromatic heterocycles. The highest BCUT2D eigenvalue weighted by Gasteiger charge is 2.15. The third-order valence-corrected chi connectivity index (χ3v) is 6.70. The lowest BCUT2D eigenvalue weighted by molar-refractivity contribution is 0.0948. The quantitative estimate of drug-likeness (QED) is 0.597. The summed E-state index contributed by atoms with van der Waals surface area (Å²) in [5.41, 5.74) is 0.927. The van der Waals surface area contributed by atoms with E-state index in [4.69, 9.17) is 0 Å². The molecule has 3 rings (SSSR count). The van der Waals surface area contributed by atoms with Crippen molar-refractivity contribution in [1.82, 2.24) is 15.1 Å². The zero-order valence-electron chi connectivity index (χ0n) is 17.4. The number of benzene rings is 2. The number of hydrogen-bond donors (Lipinski definition) is 2. The number of hydrogen-bond acceptors (Lipinski definition) is 5. The lowest BCUT2D eigenvalue weighted by Crippen LogP contribution is -2.46. The molecule has 1 aliphatic rings. The zero-order valence-corrected chi connectivity index (χ0v) is 18.2. The maximum Gasteiger partial charge on any atom is 0.261 e. The van der Waals surface area contributed by atoms with Crippen LogP contribution in [-0.4, -0.2) is 69.9 Å². The Hall–Kier alpha value is -2.42. The number of carbonyl (C=O) groups excluding carboxylic acids is 1. The van der Waals surface area contributed by atoms with E-state index in [0.717, 1.165) is 45.7 Å². The van der Waals surface area contributed by atoms with Crippen LogP contribution >= 0.6 is 0 Å². The summed E-state index contributed by atoms with van der Waals surface area (Å²) in [6.07, 6.45) is 0.910. The third kappa shape index (κ3) is 6.29. The van der Waals surface area contributed by atoms with E-state index in [1.54, 1.807) is 42.5 Å². The van der Waals surface area contributed by atoms with Crippen LogP contribution in [0.25, 0.3) is 0 Å². The van der Waals surface area contributed by atoms with Gasteiger partial charge in [0.05, 0.1) is 4.90 Å². The van der Waals surface area contributed by atoms with Crippen LogP contribution in [0.1, 0.15) is 23.7 Å². The minimum absolute atomic E-state index is 0.150. The Morgan fingerprint density at radius 2 is 1.57 bits per heavy atom. The predicted molar refractivity (Wildman–Crippen MR) is 119 cm³/mol. The van der Waals surface area contributed by atoms with Crippen LogP contribution in [0.5, 0.6) is 0 Å². The van der Waals surface area contributed by atoms with Gasteiger partial charge in [-0.1, -0.05) is 25.1 Å². The molecule has 2 aromatic rings. The molecule has 8 heteroatoms. The molecular weight excluding hydrogens is 400 g/mol. The Balaban J connectivity index is 1.43. The number of likely N-dealkylation sites (N-methyl/N-ethyl adjacent to an activating group) is 1. The van der Waals surface area contributed by atoms with Crippen molar-refractivity contribution in [3.05, 3.63) is 60.2 Å². The maximum absolute atomic E-state index is 12.4. The van der Waals surface area contributed by atoms with Crippen molar-refractivity contribution < 1.29 is 13.2 Å². The van der Waals surface area contributed by atoms with E-state index in [1.165, 1.54) is 12.1 Å². The van der Waals surface area contributed by atoms with Gasteiger partial charge in [0.1, 0.15) is 0 Å². The van der Waals surface area contributed by atoms with Gasteiger partial charge < -0.3 is 15.1 Å². The summed E-state index contributed by atoms with van der Waals surface area (Å²) in [5.74, 6) is -0.150. The maximum atomic E-state index is 12.4. The summed E-state index contributed by atoms with van der Waals surface area (Å²) < 4.78 is 27.3. The average molecular weight is 431 g/mol. The molecule has 1 heterocycles. The third-order valence-electron chi connectivity index (χ3n) is 5.30. The van der Waals surface area contributed by atoms with E-state index in [0.29, 0.717) is 17.8 Å². The van der Waals surface area contributed by atoms with Crippen LogP contribution in [0.15, 0.2) is 59.5 Å². The molecule has 0 aliphatic carbocycles. The summed E-state index contributed by atoms with van der Waals surface area (Å²) in [6, 6.07) is 14.6. The first-order valence-corrected chi connectivity index (χ1v) is 11.9. The van der Waals surface area contributed by atoms with Crippen LogP contribution in [0, 0.1) is 0 Å². The van der Waals surface area contributed by atoms with E-state index < -0.39 is 10.0 Å². The lowest BCUT2D eigenvalue weighted by Gasteiger charge is -2.33. The monoisotopic (exact) mass is 430 g/mol. The van der Waals surface area contributed by atoms with Gasteiger partial charge in [0.15, 0.2) is 0 Å². The largest absolute Gasteiger partial charge is 0.352 e. The summed E-state index contributed by atoms with van der Waals surface area (Å²) in [6.45, 7) is 9.30. The standard InChI is InChI=1S/C22H30N4O3S/c1-2-25-15-17-26(18-16-25)14-6-13-23-22(27)19-9-11-20(12-10-19)24-30(28,29)21-7-4-3-5-8-21/h3-5,7-12,24H,2,6,13-18H2,1H3,(H,23,27). The van der Waals surface area contributed by atoms with Gasteiger partial charge in [0, 0.05) is 44.0 Å². The van der Waals surface area contributed by atoms with Gasteiger partial charge in [-0.3, -0.25) is 9.52 Å². The van der Waals surface area contributed by atoms with E-state index in [-0.39, 0.29) is 10.8 Å². The molecule has 0 spiro atoms. The Kier molecular flexibility index (Phi) is 7.84. The van der Waals surface area contributed by atoms with Gasteiger partial charge in [0.25, 0.3) is 15.9 Å². The van der Waals surface area contributed by atoms with E-state index >= 15 is 0 Å². The number of nitrogens with one attached hydrogen (secondary N) is 2. The predicted octanol–water partition coefficient (Wildman–Crippen LogP) is 2.24. The molecule has 1 saturated heterocycles. The van der Waals surface area contributed by atoms with Crippen LogP contribution in [-0.2, 0) is 10.0 Å². The normalized spacial score (nSPS) is 15.6. The second kappa shape index (κ2) is 10.6. The molecule has 1 amide bonds. The molecule has 7 nitrogen and oxygen atoms in total. The van der Waals surface area contributed by atoms with Gasteiger partial charge >= 0.3 is 0 Å². The van der Waals surface area contributed by atoms with Gasteiger partial charge in [-0.15, -0.1) is 0 Å². The van der Waals surface area contributed by atoms with Gasteiger partial charge in [-0.2, -0.15) is 0 Å². The highest BCUT2D eigenvalue weighted by atomic mass is 32.2. The molecule has 0 atom stereocenters. The number of nitrogens with zero attached hydrogens (tertiary/aromatic N) is 2. The molecule has 0 unspecified atom stereocenters. The van der Waals surface area contributed by atoms with Crippen molar-refractivity contribution in [2.45, 2.75) is 18.2 Å². The Morgan fingerprint density at radius 1 is 0.933 bits per heavy atom. The number of sulfonamides is 1. The fraction of sp³-hybridized carbons (Fsp3) is 0.409. The Bertz CT molecular complexity index is 909. The first-order chi connectivity index (χ1) is 14.5. The molecule has 1 fully saturated rings. The SMILES string of the molecule is CCN1CCN(CCCNC(=O)c2ccc(NS(=O)(=O)c3ccccc3)cc2)CC1. The van der Waals surface area contributed by atoms with E-state index in [2.05, 4.69) is 26.8 Å². The average Bonchev–Trinajstić information content (AvgIpc) is 2.78. The first kappa shape index (κ1) is 22.3. The lowest BCUT2D eigenvalue weighted by atomic mass is 10.2. The molecule has 2 N–H and O–H groups in total. The molecule has 30 heavy (non-hydrogen) atoms. The molecule has 0 saturated carbocycles. The zero-order chi connectivity index (χ0) is 21.4. The number of amides is 1. The molecule has 2 aromatic carbocycles. The van der Waals surface area contributed by atoms with Gasteiger partial charge in [0.2, 0.25) is 0 Å².